The van der Waals surface area contributed by atoms with Gasteiger partial charge in [0.1, 0.15) is 11.2 Å². The van der Waals surface area contributed by atoms with Crippen LogP contribution in [0.2, 0.25) is 0 Å². The smallest absolute Gasteiger partial charge is 0.168 e. The number of rotatable bonds is 6. The molecule has 0 atom stereocenters. The highest BCUT2D eigenvalue weighted by molar-refractivity contribution is 6.12. The van der Waals surface area contributed by atoms with Gasteiger partial charge in [-0.2, -0.15) is 0 Å². The van der Waals surface area contributed by atoms with Gasteiger partial charge in [0.2, 0.25) is 0 Å². The van der Waals surface area contributed by atoms with Crippen molar-refractivity contribution in [3.05, 3.63) is 222 Å². The first-order valence-electron chi connectivity index (χ1n) is 22.9. The molecule has 0 saturated heterocycles. The molecule has 2 heterocycles. The molecule has 9 aromatic carbocycles. The number of nitrogens with zero attached hydrogens (tertiary/aromatic N) is 3. The van der Waals surface area contributed by atoms with Crippen LogP contribution in [0.4, 0.5) is 0 Å². The molecule has 0 fully saturated rings. The van der Waals surface area contributed by atoms with E-state index in [1.54, 1.807) is 0 Å². The largest absolute Gasteiger partial charge is 0.455 e. The van der Waals surface area contributed by atoms with E-state index in [9.17, 15) is 0 Å². The molecule has 2 aliphatic carbocycles. The van der Waals surface area contributed by atoms with Crippen LogP contribution in [0.1, 0.15) is 49.9 Å². The van der Waals surface area contributed by atoms with Gasteiger partial charge in [-0.25, -0.2) is 0 Å². The van der Waals surface area contributed by atoms with Crippen LogP contribution in [0.3, 0.4) is 0 Å². The molecule has 314 valence electrons. The van der Waals surface area contributed by atoms with E-state index in [1.807, 2.05) is 24.3 Å². The van der Waals surface area contributed by atoms with Crippen molar-refractivity contribution in [2.75, 3.05) is 0 Å². The van der Waals surface area contributed by atoms with Crippen LogP contribution in [-0.2, 0) is 10.8 Å². The zero-order valence-corrected chi connectivity index (χ0v) is 37.3. The summed E-state index contributed by atoms with van der Waals surface area (Å²) < 4.78 is 9.08. The maximum atomic E-state index is 6.94. The van der Waals surface area contributed by atoms with Crippen LogP contribution in [-0.4, -0.2) is 14.8 Å². The fourth-order valence-electron chi connectivity index (χ4n) is 11.1. The Labute approximate surface area is 384 Å². The molecule has 0 unspecified atom stereocenters. The highest BCUT2D eigenvalue weighted by Crippen LogP contribution is 2.52. The first kappa shape index (κ1) is 38.4. The zero-order chi connectivity index (χ0) is 44.3. The van der Waals surface area contributed by atoms with Gasteiger partial charge in [0.15, 0.2) is 11.6 Å². The Morgan fingerprint density at radius 3 is 1.42 bits per heavy atom. The molecule has 2 aromatic heterocycles. The van der Waals surface area contributed by atoms with Gasteiger partial charge in [-0.15, -0.1) is 10.2 Å². The quantitative estimate of drug-likeness (QED) is 0.167. The van der Waals surface area contributed by atoms with Crippen molar-refractivity contribution in [3.63, 3.8) is 0 Å². The summed E-state index contributed by atoms with van der Waals surface area (Å²) in [5.41, 5.74) is 22.1. The lowest BCUT2D eigenvalue weighted by Gasteiger charge is -2.22. The summed E-state index contributed by atoms with van der Waals surface area (Å²) in [6, 6.07) is 72.4. The van der Waals surface area contributed by atoms with E-state index in [2.05, 4.69) is 208 Å². The SMILES string of the molecule is CC1(C)c2ccccc2-c2ccc(-c3ccc4oc5c(-c6ccc(-c7nnc(-c8ccccc8)n7-c7ccccc7)cc6)cc(-c6ccc7c(c6)C(C)(C)c6ccccc6-7)cc5c4c3)cc21. The standard InChI is InChI=1S/C62H45N3O/c1-61(2)53-21-13-11-19-46(53)48-30-27-42(36-55(48)61)41-29-32-57-51(33-41)52-35-44(43-28-31-49-47-20-12-14-22-54(47)62(3,4)56(49)37-43)34-50(58(52)66-57)38-23-25-40(26-24-38)60-64-63-59(39-15-7-5-8-16-39)65(60)45-17-9-6-10-18-45/h5-37H,1-4H3. The van der Waals surface area contributed by atoms with E-state index in [0.717, 1.165) is 67.1 Å². The van der Waals surface area contributed by atoms with Gasteiger partial charge in [0, 0.05) is 44.0 Å². The van der Waals surface area contributed by atoms with Crippen LogP contribution in [0.5, 0.6) is 0 Å². The minimum Gasteiger partial charge on any atom is -0.455 e. The van der Waals surface area contributed by atoms with E-state index >= 15 is 0 Å². The van der Waals surface area contributed by atoms with E-state index in [-0.39, 0.29) is 10.8 Å². The molecule has 13 rings (SSSR count). The molecule has 4 heteroatoms. The van der Waals surface area contributed by atoms with Gasteiger partial charge in [0.05, 0.1) is 0 Å². The monoisotopic (exact) mass is 847 g/mol. The van der Waals surface area contributed by atoms with Gasteiger partial charge in [0.25, 0.3) is 0 Å². The average Bonchev–Trinajstić information content (AvgIpc) is 4.09. The second-order valence-corrected chi connectivity index (χ2v) is 19.0. The second kappa shape index (κ2) is 14.2. The second-order valence-electron chi connectivity index (χ2n) is 19.0. The lowest BCUT2D eigenvalue weighted by molar-refractivity contribution is 0.660. The van der Waals surface area contributed by atoms with E-state index in [1.165, 1.54) is 61.2 Å². The normalized spacial score (nSPS) is 14.0. The number of benzene rings is 9. The lowest BCUT2D eigenvalue weighted by Crippen LogP contribution is -2.14. The Kier molecular flexibility index (Phi) is 8.26. The molecule has 0 N–H and O–H groups in total. The molecule has 0 radical (unpaired) electrons. The highest BCUT2D eigenvalue weighted by Gasteiger charge is 2.36. The van der Waals surface area contributed by atoms with Crippen molar-refractivity contribution >= 4 is 21.9 Å². The minimum absolute atomic E-state index is 0.0824. The molecule has 0 spiro atoms. The van der Waals surface area contributed by atoms with Crippen LogP contribution >= 0.6 is 0 Å². The molecular weight excluding hydrogens is 803 g/mol. The van der Waals surface area contributed by atoms with Crippen molar-refractivity contribution < 1.29 is 4.42 Å². The number of para-hydroxylation sites is 1. The third-order valence-electron chi connectivity index (χ3n) is 14.6. The van der Waals surface area contributed by atoms with Gasteiger partial charge in [-0.1, -0.05) is 179 Å². The molecule has 0 aliphatic heterocycles. The highest BCUT2D eigenvalue weighted by atomic mass is 16.3. The summed E-state index contributed by atoms with van der Waals surface area (Å²) in [6.45, 7) is 9.39. The fraction of sp³-hybridized carbons (Fsp3) is 0.0968. The van der Waals surface area contributed by atoms with Crippen LogP contribution in [0.15, 0.2) is 205 Å². The maximum absolute atomic E-state index is 6.94. The van der Waals surface area contributed by atoms with E-state index in [0.29, 0.717) is 0 Å². The molecular formula is C62H45N3O. The first-order chi connectivity index (χ1) is 32.2. The number of aromatic nitrogens is 3. The van der Waals surface area contributed by atoms with Gasteiger partial charge >= 0.3 is 0 Å². The third kappa shape index (κ3) is 5.71. The van der Waals surface area contributed by atoms with Crippen molar-refractivity contribution in [1.82, 2.24) is 14.8 Å². The predicted molar refractivity (Wildman–Crippen MR) is 271 cm³/mol. The Morgan fingerprint density at radius 1 is 0.348 bits per heavy atom. The van der Waals surface area contributed by atoms with Crippen LogP contribution in [0.25, 0.3) is 106 Å². The Morgan fingerprint density at radius 2 is 0.803 bits per heavy atom. The summed E-state index contributed by atoms with van der Waals surface area (Å²) in [5.74, 6) is 1.58. The molecule has 0 bridgehead atoms. The number of furan rings is 1. The minimum atomic E-state index is -0.117. The molecule has 11 aromatic rings. The Bertz CT molecular complexity index is 3740. The van der Waals surface area contributed by atoms with Crippen molar-refractivity contribution in [2.45, 2.75) is 38.5 Å². The van der Waals surface area contributed by atoms with Crippen molar-refractivity contribution in [2.24, 2.45) is 0 Å². The number of hydrogen-bond donors (Lipinski definition) is 0. The Balaban J connectivity index is 0.970. The van der Waals surface area contributed by atoms with Crippen LogP contribution in [0, 0.1) is 0 Å². The summed E-state index contributed by atoms with van der Waals surface area (Å²) in [7, 11) is 0. The maximum Gasteiger partial charge on any atom is 0.168 e. The van der Waals surface area contributed by atoms with E-state index < -0.39 is 0 Å². The molecule has 66 heavy (non-hydrogen) atoms. The van der Waals surface area contributed by atoms with Gasteiger partial charge in [-0.05, 0) is 121 Å². The molecule has 4 nitrogen and oxygen atoms in total. The first-order valence-corrected chi connectivity index (χ1v) is 22.9. The Hall–Kier alpha value is -8.08. The number of fused-ring (bicyclic) bond motifs is 9. The fourth-order valence-corrected chi connectivity index (χ4v) is 11.1. The molecule has 0 amide bonds. The summed E-state index contributed by atoms with van der Waals surface area (Å²) >= 11 is 0. The predicted octanol–water partition coefficient (Wildman–Crippen LogP) is 16.1. The summed E-state index contributed by atoms with van der Waals surface area (Å²) in [6.07, 6.45) is 0. The van der Waals surface area contributed by atoms with Crippen molar-refractivity contribution in [1.29, 1.82) is 0 Å². The van der Waals surface area contributed by atoms with Crippen LogP contribution < -0.4 is 0 Å². The van der Waals surface area contributed by atoms with Crippen molar-refractivity contribution in [3.8, 4) is 84.1 Å². The third-order valence-corrected chi connectivity index (χ3v) is 14.6. The summed E-state index contributed by atoms with van der Waals surface area (Å²) in [4.78, 5) is 0. The van der Waals surface area contributed by atoms with E-state index in [4.69, 9.17) is 14.6 Å². The summed E-state index contributed by atoms with van der Waals surface area (Å²) in [5, 5.41) is 11.7. The molecule has 0 saturated carbocycles. The lowest BCUT2D eigenvalue weighted by atomic mass is 9.81. The zero-order valence-electron chi connectivity index (χ0n) is 37.3. The van der Waals surface area contributed by atoms with Gasteiger partial charge in [-0.3, -0.25) is 4.57 Å². The topological polar surface area (TPSA) is 43.9 Å². The number of hydrogen-bond acceptors (Lipinski definition) is 3. The van der Waals surface area contributed by atoms with Gasteiger partial charge < -0.3 is 4.42 Å². The molecule has 2 aliphatic rings. The average molecular weight is 848 g/mol.